The largest absolute Gasteiger partial charge is 0.481 e. The highest BCUT2D eigenvalue weighted by Gasteiger charge is 2.06. The van der Waals surface area contributed by atoms with E-state index in [0.717, 1.165) is 25.7 Å². The summed E-state index contributed by atoms with van der Waals surface area (Å²) in [7, 11) is 0. The number of carboxylic acids is 1. The van der Waals surface area contributed by atoms with Crippen LogP contribution >= 0.6 is 0 Å². The van der Waals surface area contributed by atoms with E-state index in [1.807, 2.05) is 13.0 Å². The maximum Gasteiger partial charge on any atom is 0.303 e. The number of carbonyl (C=O) groups is 1. The van der Waals surface area contributed by atoms with Crippen LogP contribution < -0.4 is 0 Å². The predicted octanol–water partition coefficient (Wildman–Crippen LogP) is 2.84. The van der Waals surface area contributed by atoms with E-state index < -0.39 is 5.97 Å². The molecule has 0 aliphatic heterocycles. The zero-order chi connectivity index (χ0) is 9.40. The van der Waals surface area contributed by atoms with Crippen molar-refractivity contribution in [2.45, 2.75) is 39.0 Å². The molecule has 0 rings (SSSR count). The molecule has 0 spiro atoms. The molecule has 2 heteroatoms. The Labute approximate surface area is 74.3 Å². The highest BCUT2D eigenvalue weighted by molar-refractivity contribution is 5.66. The van der Waals surface area contributed by atoms with Gasteiger partial charge in [-0.15, -0.1) is 6.58 Å². The van der Waals surface area contributed by atoms with E-state index in [0.29, 0.717) is 12.3 Å². The second-order valence-corrected chi connectivity index (χ2v) is 3.28. The summed E-state index contributed by atoms with van der Waals surface area (Å²) in [6, 6.07) is 0. The van der Waals surface area contributed by atoms with Crippen LogP contribution in [0.1, 0.15) is 39.0 Å². The van der Waals surface area contributed by atoms with Crippen molar-refractivity contribution in [3.63, 3.8) is 0 Å². The number of aliphatic carboxylic acids is 1. The molecule has 1 atom stereocenters. The van der Waals surface area contributed by atoms with Gasteiger partial charge in [-0.05, 0) is 18.8 Å². The minimum Gasteiger partial charge on any atom is -0.481 e. The van der Waals surface area contributed by atoms with Crippen LogP contribution in [0, 0.1) is 5.92 Å². The van der Waals surface area contributed by atoms with Crippen molar-refractivity contribution >= 4 is 5.97 Å². The van der Waals surface area contributed by atoms with Crippen molar-refractivity contribution in [3.8, 4) is 0 Å². The molecule has 0 fully saturated rings. The maximum atomic E-state index is 10.3. The minimum absolute atomic E-state index is 0.300. The van der Waals surface area contributed by atoms with Gasteiger partial charge >= 0.3 is 5.97 Å². The zero-order valence-corrected chi connectivity index (χ0v) is 7.75. The van der Waals surface area contributed by atoms with Crippen molar-refractivity contribution in [2.75, 3.05) is 0 Å². The van der Waals surface area contributed by atoms with Crippen LogP contribution in [0.3, 0.4) is 0 Å². The first-order valence-corrected chi connectivity index (χ1v) is 4.49. The SMILES string of the molecule is C=CCCCC[C@@H](C)CC(=O)O. The molecule has 0 radical (unpaired) electrons. The van der Waals surface area contributed by atoms with Crippen molar-refractivity contribution in [1.82, 2.24) is 0 Å². The monoisotopic (exact) mass is 170 g/mol. The van der Waals surface area contributed by atoms with Crippen LogP contribution in [0.2, 0.25) is 0 Å². The smallest absolute Gasteiger partial charge is 0.303 e. The van der Waals surface area contributed by atoms with Gasteiger partial charge in [0.25, 0.3) is 0 Å². The van der Waals surface area contributed by atoms with Gasteiger partial charge in [0.05, 0.1) is 0 Å². The number of hydrogen-bond acceptors (Lipinski definition) is 1. The van der Waals surface area contributed by atoms with Crippen LogP contribution in [0.4, 0.5) is 0 Å². The van der Waals surface area contributed by atoms with E-state index in [4.69, 9.17) is 5.11 Å². The third-order valence-corrected chi connectivity index (χ3v) is 1.88. The highest BCUT2D eigenvalue weighted by Crippen LogP contribution is 2.12. The molecular weight excluding hydrogens is 152 g/mol. The Balaban J connectivity index is 3.24. The normalized spacial score (nSPS) is 12.4. The molecule has 0 unspecified atom stereocenters. The lowest BCUT2D eigenvalue weighted by molar-refractivity contribution is -0.138. The van der Waals surface area contributed by atoms with Crippen LogP contribution in [0.25, 0.3) is 0 Å². The van der Waals surface area contributed by atoms with Gasteiger partial charge in [0, 0.05) is 6.42 Å². The first-order chi connectivity index (χ1) is 5.66. The second kappa shape index (κ2) is 6.89. The average molecular weight is 170 g/mol. The second-order valence-electron chi connectivity index (χ2n) is 3.28. The van der Waals surface area contributed by atoms with Gasteiger partial charge in [-0.3, -0.25) is 4.79 Å². The maximum absolute atomic E-state index is 10.3. The fourth-order valence-electron chi connectivity index (χ4n) is 1.18. The van der Waals surface area contributed by atoms with Crippen LogP contribution in [0.5, 0.6) is 0 Å². The van der Waals surface area contributed by atoms with Crippen LogP contribution in [-0.4, -0.2) is 11.1 Å². The summed E-state index contributed by atoms with van der Waals surface area (Å²) in [5, 5.41) is 8.47. The molecule has 0 saturated heterocycles. The molecular formula is C10H18O2. The molecule has 2 nitrogen and oxygen atoms in total. The Kier molecular flexibility index (Phi) is 6.44. The molecule has 70 valence electrons. The van der Waals surface area contributed by atoms with Crippen molar-refractivity contribution in [1.29, 1.82) is 0 Å². The Morgan fingerprint density at radius 2 is 2.25 bits per heavy atom. The third-order valence-electron chi connectivity index (χ3n) is 1.88. The van der Waals surface area contributed by atoms with E-state index in [9.17, 15) is 4.79 Å². The number of unbranched alkanes of at least 4 members (excludes halogenated alkanes) is 2. The summed E-state index contributed by atoms with van der Waals surface area (Å²) in [5.74, 6) is -0.376. The van der Waals surface area contributed by atoms with E-state index in [1.165, 1.54) is 0 Å². The number of allylic oxidation sites excluding steroid dienone is 1. The Morgan fingerprint density at radius 3 is 2.75 bits per heavy atom. The van der Waals surface area contributed by atoms with Crippen molar-refractivity contribution < 1.29 is 9.90 Å². The van der Waals surface area contributed by atoms with Crippen molar-refractivity contribution in [2.24, 2.45) is 5.92 Å². The van der Waals surface area contributed by atoms with Crippen molar-refractivity contribution in [3.05, 3.63) is 12.7 Å². The molecule has 1 N–H and O–H groups in total. The lowest BCUT2D eigenvalue weighted by Crippen LogP contribution is -2.03. The first kappa shape index (κ1) is 11.2. The number of rotatable bonds is 7. The van der Waals surface area contributed by atoms with Crippen LogP contribution in [-0.2, 0) is 4.79 Å². The Hall–Kier alpha value is -0.790. The molecule has 0 bridgehead atoms. The molecule has 0 aliphatic carbocycles. The number of carboxylic acid groups (broad SMARTS) is 1. The van der Waals surface area contributed by atoms with Gasteiger partial charge in [-0.1, -0.05) is 25.8 Å². The Morgan fingerprint density at radius 1 is 1.58 bits per heavy atom. The quantitative estimate of drug-likeness (QED) is 0.471. The Bertz CT molecular complexity index is 141. The van der Waals surface area contributed by atoms with Gasteiger partial charge in [-0.2, -0.15) is 0 Å². The predicted molar refractivity (Wildman–Crippen MR) is 50.1 cm³/mol. The molecule has 0 aromatic heterocycles. The summed E-state index contributed by atoms with van der Waals surface area (Å²) < 4.78 is 0. The standard InChI is InChI=1S/C10H18O2/c1-3-4-5-6-7-9(2)8-10(11)12/h3,9H,1,4-8H2,2H3,(H,11,12)/t9-/m1/s1. The molecule has 0 saturated carbocycles. The summed E-state index contributed by atoms with van der Waals surface area (Å²) in [6.07, 6.45) is 6.50. The summed E-state index contributed by atoms with van der Waals surface area (Å²) >= 11 is 0. The summed E-state index contributed by atoms with van der Waals surface area (Å²) in [6.45, 7) is 5.62. The highest BCUT2D eigenvalue weighted by atomic mass is 16.4. The first-order valence-electron chi connectivity index (χ1n) is 4.49. The average Bonchev–Trinajstić information content (AvgIpc) is 1.97. The summed E-state index contributed by atoms with van der Waals surface area (Å²) in [5.41, 5.74) is 0. The molecule has 0 heterocycles. The fraction of sp³-hybridized carbons (Fsp3) is 0.700. The third kappa shape index (κ3) is 7.32. The van der Waals surface area contributed by atoms with Crippen LogP contribution in [0.15, 0.2) is 12.7 Å². The van der Waals surface area contributed by atoms with Gasteiger partial charge in [0.2, 0.25) is 0 Å². The van der Waals surface area contributed by atoms with E-state index >= 15 is 0 Å². The van der Waals surface area contributed by atoms with Gasteiger partial charge in [0.1, 0.15) is 0 Å². The summed E-state index contributed by atoms with van der Waals surface area (Å²) in [4.78, 5) is 10.3. The minimum atomic E-state index is -0.689. The van der Waals surface area contributed by atoms with Gasteiger partial charge in [0.15, 0.2) is 0 Å². The number of hydrogen-bond donors (Lipinski definition) is 1. The topological polar surface area (TPSA) is 37.3 Å². The molecule has 0 aromatic rings. The molecule has 0 amide bonds. The zero-order valence-electron chi connectivity index (χ0n) is 7.75. The van der Waals surface area contributed by atoms with E-state index in [1.54, 1.807) is 0 Å². The molecule has 0 aromatic carbocycles. The van der Waals surface area contributed by atoms with Gasteiger partial charge < -0.3 is 5.11 Å². The lowest BCUT2D eigenvalue weighted by atomic mass is 10.00. The fourth-order valence-corrected chi connectivity index (χ4v) is 1.18. The molecule has 0 aliphatic rings. The molecule has 12 heavy (non-hydrogen) atoms. The van der Waals surface area contributed by atoms with E-state index in [2.05, 4.69) is 6.58 Å². The van der Waals surface area contributed by atoms with E-state index in [-0.39, 0.29) is 0 Å². The lowest BCUT2D eigenvalue weighted by Gasteiger charge is -2.06. The van der Waals surface area contributed by atoms with Gasteiger partial charge in [-0.25, -0.2) is 0 Å².